The van der Waals surface area contributed by atoms with Crippen molar-refractivity contribution in [2.75, 3.05) is 6.54 Å². The molecule has 0 aliphatic heterocycles. The Morgan fingerprint density at radius 2 is 2.04 bits per heavy atom. The molecule has 4 nitrogen and oxygen atoms in total. The number of halogens is 1. The number of nitriles is 1. The second kappa shape index (κ2) is 9.03. The number of carbonyl (C=O) groups excluding carboxylic acids is 1. The zero-order valence-corrected chi connectivity index (χ0v) is 16.2. The first kappa shape index (κ1) is 19.4. The minimum Gasteiger partial charge on any atom is -0.339 e. The maximum Gasteiger partial charge on any atom is 0.252 e. The SMILES string of the molecule is C[C@@H](NC1CC[C@H](c2ccc(C(=O)NCC#N)cc2)C1)c1cccc(Cl)c1. The van der Waals surface area contributed by atoms with E-state index < -0.39 is 0 Å². The maximum atomic E-state index is 11.9. The molecule has 2 N–H and O–H groups in total. The van der Waals surface area contributed by atoms with Gasteiger partial charge in [0.05, 0.1) is 6.07 Å². The summed E-state index contributed by atoms with van der Waals surface area (Å²) in [6, 6.07) is 18.4. The smallest absolute Gasteiger partial charge is 0.252 e. The lowest BCUT2D eigenvalue weighted by molar-refractivity contribution is 0.0958. The number of carbonyl (C=O) groups is 1. The molecule has 1 aliphatic rings. The molecule has 0 aromatic heterocycles. The standard InChI is InChI=1S/C22H24ClN3O/c1-15(18-3-2-4-20(23)13-18)26-21-10-9-19(14-21)16-5-7-17(8-6-16)22(27)25-12-11-24/h2-8,13,15,19,21,26H,9-10,12,14H2,1H3,(H,25,27)/t15-,19+,21?/m1/s1. The molecule has 27 heavy (non-hydrogen) atoms. The Hall–Kier alpha value is -2.35. The number of hydrogen-bond acceptors (Lipinski definition) is 3. The molecule has 0 spiro atoms. The summed E-state index contributed by atoms with van der Waals surface area (Å²) in [5.41, 5.74) is 3.07. The van der Waals surface area contributed by atoms with Crippen molar-refractivity contribution in [2.45, 2.75) is 44.2 Å². The average Bonchev–Trinajstić information content (AvgIpc) is 3.14. The molecule has 2 aromatic rings. The lowest BCUT2D eigenvalue weighted by Gasteiger charge is -2.20. The summed E-state index contributed by atoms with van der Waals surface area (Å²) in [6.45, 7) is 2.20. The molecule has 1 fully saturated rings. The van der Waals surface area contributed by atoms with Gasteiger partial charge in [0, 0.05) is 22.7 Å². The summed E-state index contributed by atoms with van der Waals surface area (Å²) in [5.74, 6) is 0.301. The van der Waals surface area contributed by atoms with Gasteiger partial charge in [-0.15, -0.1) is 0 Å². The van der Waals surface area contributed by atoms with E-state index in [1.807, 2.05) is 48.5 Å². The molecule has 2 aromatic carbocycles. The van der Waals surface area contributed by atoms with E-state index in [-0.39, 0.29) is 18.5 Å². The molecule has 0 bridgehead atoms. The summed E-state index contributed by atoms with van der Waals surface area (Å²) >= 11 is 6.10. The van der Waals surface area contributed by atoms with Crippen LogP contribution >= 0.6 is 11.6 Å². The molecule has 0 saturated heterocycles. The van der Waals surface area contributed by atoms with E-state index in [2.05, 4.69) is 23.6 Å². The molecule has 3 atom stereocenters. The Morgan fingerprint density at radius 1 is 1.26 bits per heavy atom. The van der Waals surface area contributed by atoms with E-state index in [1.165, 1.54) is 11.1 Å². The molecule has 1 unspecified atom stereocenters. The van der Waals surface area contributed by atoms with Crippen molar-refractivity contribution >= 4 is 17.5 Å². The number of hydrogen-bond donors (Lipinski definition) is 2. The van der Waals surface area contributed by atoms with Crippen LogP contribution in [0.4, 0.5) is 0 Å². The largest absolute Gasteiger partial charge is 0.339 e. The van der Waals surface area contributed by atoms with Gasteiger partial charge in [-0.1, -0.05) is 35.9 Å². The summed E-state index contributed by atoms with van der Waals surface area (Å²) in [4.78, 5) is 11.9. The van der Waals surface area contributed by atoms with Crippen molar-refractivity contribution in [3.8, 4) is 6.07 Å². The fourth-order valence-electron chi connectivity index (χ4n) is 3.79. The zero-order chi connectivity index (χ0) is 19.2. The molecule has 140 valence electrons. The molecule has 3 rings (SSSR count). The molecule has 0 heterocycles. The minimum atomic E-state index is -0.204. The van der Waals surface area contributed by atoms with Gasteiger partial charge in [-0.2, -0.15) is 5.26 Å². The second-order valence-electron chi connectivity index (χ2n) is 7.11. The lowest BCUT2D eigenvalue weighted by atomic mass is 9.96. The van der Waals surface area contributed by atoms with Gasteiger partial charge in [0.2, 0.25) is 0 Å². The maximum absolute atomic E-state index is 11.9. The summed E-state index contributed by atoms with van der Waals surface area (Å²) in [5, 5.41) is 15.6. The normalized spacial score (nSPS) is 20.0. The highest BCUT2D eigenvalue weighted by Crippen LogP contribution is 2.35. The van der Waals surface area contributed by atoms with Crippen LogP contribution in [0.3, 0.4) is 0 Å². The summed E-state index contributed by atoms with van der Waals surface area (Å²) < 4.78 is 0. The van der Waals surface area contributed by atoms with E-state index in [1.54, 1.807) is 0 Å². The highest BCUT2D eigenvalue weighted by atomic mass is 35.5. The highest BCUT2D eigenvalue weighted by molar-refractivity contribution is 6.30. The average molecular weight is 382 g/mol. The van der Waals surface area contributed by atoms with Crippen LogP contribution in [0.5, 0.6) is 0 Å². The van der Waals surface area contributed by atoms with Crippen molar-refractivity contribution < 1.29 is 4.79 Å². The Balaban J connectivity index is 1.56. The number of rotatable bonds is 6. The predicted octanol–water partition coefficient (Wildman–Crippen LogP) is 4.58. The fraction of sp³-hybridized carbons (Fsp3) is 0.364. The number of amides is 1. The van der Waals surface area contributed by atoms with Crippen molar-refractivity contribution in [3.63, 3.8) is 0 Å². The molecule has 5 heteroatoms. The third kappa shape index (κ3) is 5.09. The fourth-order valence-corrected chi connectivity index (χ4v) is 3.99. The van der Waals surface area contributed by atoms with E-state index in [4.69, 9.17) is 16.9 Å². The Kier molecular flexibility index (Phi) is 6.49. The van der Waals surface area contributed by atoms with E-state index >= 15 is 0 Å². The van der Waals surface area contributed by atoms with E-state index in [0.717, 1.165) is 24.3 Å². The monoisotopic (exact) mass is 381 g/mol. The molecule has 1 saturated carbocycles. The van der Waals surface area contributed by atoms with Gasteiger partial charge < -0.3 is 10.6 Å². The van der Waals surface area contributed by atoms with Gasteiger partial charge in [-0.3, -0.25) is 4.79 Å². The van der Waals surface area contributed by atoms with Crippen LogP contribution in [-0.4, -0.2) is 18.5 Å². The summed E-state index contributed by atoms with van der Waals surface area (Å²) in [7, 11) is 0. The Labute approximate surface area is 165 Å². The molecule has 1 amide bonds. The topological polar surface area (TPSA) is 64.9 Å². The van der Waals surface area contributed by atoms with Crippen molar-refractivity contribution in [3.05, 3.63) is 70.2 Å². The second-order valence-corrected chi connectivity index (χ2v) is 7.55. The van der Waals surface area contributed by atoms with E-state index in [0.29, 0.717) is 17.5 Å². The molecular weight excluding hydrogens is 358 g/mol. The van der Waals surface area contributed by atoms with Crippen molar-refractivity contribution in [1.82, 2.24) is 10.6 Å². The third-order valence-electron chi connectivity index (χ3n) is 5.24. The number of nitrogens with one attached hydrogen (secondary N) is 2. The van der Waals surface area contributed by atoms with E-state index in [9.17, 15) is 4.79 Å². The minimum absolute atomic E-state index is 0.0291. The van der Waals surface area contributed by atoms with Gasteiger partial charge in [-0.25, -0.2) is 0 Å². The molecule has 1 aliphatic carbocycles. The lowest BCUT2D eigenvalue weighted by Crippen LogP contribution is -2.29. The van der Waals surface area contributed by atoms with Crippen LogP contribution in [0.15, 0.2) is 48.5 Å². The van der Waals surface area contributed by atoms with Crippen LogP contribution in [0.1, 0.15) is 59.6 Å². The van der Waals surface area contributed by atoms with Crippen molar-refractivity contribution in [1.29, 1.82) is 5.26 Å². The quantitative estimate of drug-likeness (QED) is 0.720. The zero-order valence-electron chi connectivity index (χ0n) is 15.4. The first-order valence-electron chi connectivity index (χ1n) is 9.33. The summed E-state index contributed by atoms with van der Waals surface area (Å²) in [6.07, 6.45) is 3.37. The number of nitrogens with zero attached hydrogens (tertiary/aromatic N) is 1. The first-order valence-corrected chi connectivity index (χ1v) is 9.71. The van der Waals surface area contributed by atoms with Gasteiger partial charge in [0.25, 0.3) is 5.91 Å². The van der Waals surface area contributed by atoms with Crippen LogP contribution < -0.4 is 10.6 Å². The molecular formula is C22H24ClN3O. The predicted molar refractivity (Wildman–Crippen MR) is 108 cm³/mol. The van der Waals surface area contributed by atoms with Crippen LogP contribution in [0.25, 0.3) is 0 Å². The molecule has 0 radical (unpaired) electrons. The van der Waals surface area contributed by atoms with Crippen LogP contribution in [-0.2, 0) is 0 Å². The van der Waals surface area contributed by atoms with Gasteiger partial charge in [0.1, 0.15) is 6.54 Å². The van der Waals surface area contributed by atoms with Gasteiger partial charge >= 0.3 is 0 Å². The van der Waals surface area contributed by atoms with Crippen LogP contribution in [0.2, 0.25) is 5.02 Å². The van der Waals surface area contributed by atoms with Gasteiger partial charge in [0.15, 0.2) is 0 Å². The first-order chi connectivity index (χ1) is 13.1. The highest BCUT2D eigenvalue weighted by Gasteiger charge is 2.27. The number of benzene rings is 2. The van der Waals surface area contributed by atoms with Crippen molar-refractivity contribution in [2.24, 2.45) is 0 Å². The third-order valence-corrected chi connectivity index (χ3v) is 5.47. The van der Waals surface area contributed by atoms with Gasteiger partial charge in [-0.05, 0) is 67.5 Å². The Bertz CT molecular complexity index is 828. The van der Waals surface area contributed by atoms with Crippen LogP contribution in [0, 0.1) is 11.3 Å². The Morgan fingerprint density at radius 3 is 2.74 bits per heavy atom.